The summed E-state index contributed by atoms with van der Waals surface area (Å²) in [5.74, 6) is 0. The molecule has 2 rings (SSSR count). The zero-order valence-corrected chi connectivity index (χ0v) is 11.4. The largest absolute Gasteiger partial charge is 0.322 e. The van der Waals surface area contributed by atoms with Crippen molar-refractivity contribution >= 4 is 23.3 Å². The van der Waals surface area contributed by atoms with Gasteiger partial charge in [0.25, 0.3) is 0 Å². The van der Waals surface area contributed by atoms with Crippen LogP contribution in [0.3, 0.4) is 0 Å². The van der Waals surface area contributed by atoms with E-state index >= 15 is 0 Å². The highest BCUT2D eigenvalue weighted by Gasteiger charge is 2.26. The van der Waals surface area contributed by atoms with Crippen LogP contribution < -0.4 is 10.6 Å². The molecular formula is C13H18ClN3O. The van der Waals surface area contributed by atoms with Crippen LogP contribution in [0, 0.1) is 0 Å². The molecule has 0 saturated carbocycles. The molecule has 0 bridgehead atoms. The minimum atomic E-state index is -0.0712. The maximum absolute atomic E-state index is 12.2. The number of urea groups is 1. The predicted molar refractivity (Wildman–Crippen MR) is 74.1 cm³/mol. The second-order valence-electron chi connectivity index (χ2n) is 4.75. The van der Waals surface area contributed by atoms with E-state index in [4.69, 9.17) is 11.6 Å². The van der Waals surface area contributed by atoms with Crippen molar-refractivity contribution in [2.75, 3.05) is 18.4 Å². The molecule has 1 fully saturated rings. The lowest BCUT2D eigenvalue weighted by Crippen LogP contribution is -2.57. The van der Waals surface area contributed by atoms with Gasteiger partial charge >= 0.3 is 6.03 Å². The van der Waals surface area contributed by atoms with Gasteiger partial charge in [-0.3, -0.25) is 0 Å². The topological polar surface area (TPSA) is 44.4 Å². The Labute approximate surface area is 112 Å². The lowest BCUT2D eigenvalue weighted by Gasteiger charge is -2.37. The maximum Gasteiger partial charge on any atom is 0.322 e. The molecule has 2 atom stereocenters. The second kappa shape index (κ2) is 5.59. The number of carbonyl (C=O) groups excluding carboxylic acids is 1. The van der Waals surface area contributed by atoms with Crippen LogP contribution in [-0.2, 0) is 0 Å². The first-order chi connectivity index (χ1) is 8.56. The summed E-state index contributed by atoms with van der Waals surface area (Å²) in [6.45, 7) is 5.65. The van der Waals surface area contributed by atoms with Crippen LogP contribution in [0.4, 0.5) is 10.5 Å². The number of hydrogen-bond acceptors (Lipinski definition) is 2. The van der Waals surface area contributed by atoms with Gasteiger partial charge < -0.3 is 15.5 Å². The molecule has 1 aliphatic heterocycles. The van der Waals surface area contributed by atoms with E-state index in [1.807, 2.05) is 24.0 Å². The van der Waals surface area contributed by atoms with Crippen molar-refractivity contribution < 1.29 is 4.79 Å². The number of anilines is 1. The highest BCUT2D eigenvalue weighted by atomic mass is 35.5. The molecule has 5 heteroatoms. The Morgan fingerprint density at radius 1 is 1.50 bits per heavy atom. The molecule has 0 aromatic heterocycles. The summed E-state index contributed by atoms with van der Waals surface area (Å²) in [6.07, 6.45) is 0. The highest BCUT2D eigenvalue weighted by molar-refractivity contribution is 6.30. The highest BCUT2D eigenvalue weighted by Crippen LogP contribution is 2.16. The Morgan fingerprint density at radius 3 is 3.00 bits per heavy atom. The van der Waals surface area contributed by atoms with Crippen LogP contribution in [0.1, 0.15) is 13.8 Å². The van der Waals surface area contributed by atoms with E-state index in [9.17, 15) is 4.79 Å². The third-order valence-corrected chi connectivity index (χ3v) is 3.34. The third kappa shape index (κ3) is 3.15. The van der Waals surface area contributed by atoms with Crippen molar-refractivity contribution in [1.29, 1.82) is 0 Å². The van der Waals surface area contributed by atoms with Gasteiger partial charge in [-0.2, -0.15) is 0 Å². The van der Waals surface area contributed by atoms with E-state index in [1.54, 1.807) is 12.1 Å². The summed E-state index contributed by atoms with van der Waals surface area (Å²) in [7, 11) is 0. The molecule has 98 valence electrons. The zero-order valence-electron chi connectivity index (χ0n) is 10.6. The Hall–Kier alpha value is -1.26. The van der Waals surface area contributed by atoms with E-state index in [0.29, 0.717) is 17.6 Å². The van der Waals surface area contributed by atoms with Gasteiger partial charge in [-0.15, -0.1) is 0 Å². The molecule has 4 nitrogen and oxygen atoms in total. The molecule has 0 aliphatic carbocycles. The van der Waals surface area contributed by atoms with Gasteiger partial charge in [-0.1, -0.05) is 17.7 Å². The molecule has 2 N–H and O–H groups in total. The Kier molecular flexibility index (Phi) is 4.09. The van der Waals surface area contributed by atoms with E-state index < -0.39 is 0 Å². The number of carbonyl (C=O) groups is 1. The summed E-state index contributed by atoms with van der Waals surface area (Å²) in [5.41, 5.74) is 0.728. The number of amides is 2. The summed E-state index contributed by atoms with van der Waals surface area (Å²) >= 11 is 5.89. The Bertz CT molecular complexity index is 438. The van der Waals surface area contributed by atoms with Crippen LogP contribution in [-0.4, -0.2) is 36.1 Å². The van der Waals surface area contributed by atoms with E-state index in [-0.39, 0.29) is 12.1 Å². The van der Waals surface area contributed by atoms with Crippen molar-refractivity contribution in [2.45, 2.75) is 25.9 Å². The molecule has 2 amide bonds. The summed E-state index contributed by atoms with van der Waals surface area (Å²) in [6, 6.07) is 7.63. The van der Waals surface area contributed by atoms with Crippen LogP contribution in [0.25, 0.3) is 0 Å². The van der Waals surface area contributed by atoms with E-state index in [0.717, 1.165) is 12.2 Å². The summed E-state index contributed by atoms with van der Waals surface area (Å²) in [4.78, 5) is 14.0. The van der Waals surface area contributed by atoms with Crippen molar-refractivity contribution in [3.63, 3.8) is 0 Å². The van der Waals surface area contributed by atoms with Gasteiger partial charge in [0.15, 0.2) is 0 Å². The number of nitrogens with zero attached hydrogens (tertiary/aromatic N) is 1. The van der Waals surface area contributed by atoms with Crippen molar-refractivity contribution in [3.05, 3.63) is 29.3 Å². The monoisotopic (exact) mass is 267 g/mol. The average Bonchev–Trinajstić information content (AvgIpc) is 2.32. The molecule has 1 aromatic carbocycles. The fraction of sp³-hybridized carbons (Fsp3) is 0.462. The minimum Gasteiger partial charge on any atom is -0.319 e. The zero-order chi connectivity index (χ0) is 13.1. The lowest BCUT2D eigenvalue weighted by atomic mass is 10.1. The molecule has 18 heavy (non-hydrogen) atoms. The molecule has 0 radical (unpaired) electrons. The second-order valence-corrected chi connectivity index (χ2v) is 5.19. The van der Waals surface area contributed by atoms with Crippen molar-refractivity contribution in [1.82, 2.24) is 10.2 Å². The van der Waals surface area contributed by atoms with Gasteiger partial charge in [0.1, 0.15) is 0 Å². The van der Waals surface area contributed by atoms with Gasteiger partial charge in [-0.25, -0.2) is 4.79 Å². The van der Waals surface area contributed by atoms with Crippen LogP contribution in [0.2, 0.25) is 5.02 Å². The van der Waals surface area contributed by atoms with E-state index in [2.05, 4.69) is 17.6 Å². The minimum absolute atomic E-state index is 0.0712. The molecular weight excluding hydrogens is 250 g/mol. The fourth-order valence-electron chi connectivity index (χ4n) is 2.07. The number of halogens is 1. The first-order valence-corrected chi connectivity index (χ1v) is 6.50. The summed E-state index contributed by atoms with van der Waals surface area (Å²) in [5, 5.41) is 6.84. The standard InChI is InChI=1S/C13H18ClN3O/c1-9-8-17(10(2)7-15-9)13(18)16-12-5-3-4-11(14)6-12/h3-6,9-10,15H,7-8H2,1-2H3,(H,16,18). The van der Waals surface area contributed by atoms with Crippen LogP contribution in [0.15, 0.2) is 24.3 Å². The van der Waals surface area contributed by atoms with Crippen LogP contribution in [0.5, 0.6) is 0 Å². The Morgan fingerprint density at radius 2 is 2.28 bits per heavy atom. The first-order valence-electron chi connectivity index (χ1n) is 6.13. The summed E-state index contributed by atoms with van der Waals surface area (Å²) < 4.78 is 0. The molecule has 1 saturated heterocycles. The quantitative estimate of drug-likeness (QED) is 0.821. The molecule has 0 spiro atoms. The number of piperazine rings is 1. The average molecular weight is 268 g/mol. The number of rotatable bonds is 1. The Balaban J connectivity index is 2.02. The number of hydrogen-bond donors (Lipinski definition) is 2. The molecule has 1 heterocycles. The number of nitrogens with one attached hydrogen (secondary N) is 2. The van der Waals surface area contributed by atoms with E-state index in [1.165, 1.54) is 0 Å². The van der Waals surface area contributed by atoms with Crippen LogP contribution >= 0.6 is 11.6 Å². The number of benzene rings is 1. The van der Waals surface area contributed by atoms with Crippen molar-refractivity contribution in [2.24, 2.45) is 0 Å². The molecule has 2 unspecified atom stereocenters. The lowest BCUT2D eigenvalue weighted by molar-refractivity contribution is 0.162. The SMILES string of the molecule is CC1CN(C(=O)Nc2cccc(Cl)c2)C(C)CN1. The van der Waals surface area contributed by atoms with Gasteiger partial charge in [-0.05, 0) is 32.0 Å². The molecule has 1 aromatic rings. The first kappa shape index (κ1) is 13.2. The molecule has 1 aliphatic rings. The smallest absolute Gasteiger partial charge is 0.319 e. The van der Waals surface area contributed by atoms with Crippen molar-refractivity contribution in [3.8, 4) is 0 Å². The predicted octanol–water partition coefficient (Wildman–Crippen LogP) is 2.55. The third-order valence-electron chi connectivity index (χ3n) is 3.10. The normalized spacial score (nSPS) is 23.8. The van der Waals surface area contributed by atoms with Gasteiger partial charge in [0.05, 0.1) is 0 Å². The van der Waals surface area contributed by atoms with Gasteiger partial charge in [0, 0.05) is 35.9 Å². The van der Waals surface area contributed by atoms with Gasteiger partial charge in [0.2, 0.25) is 0 Å². The fourth-order valence-corrected chi connectivity index (χ4v) is 2.26. The maximum atomic E-state index is 12.2.